The Morgan fingerprint density at radius 3 is 2.89 bits per heavy atom. The molecule has 1 aromatic rings. The molecular weight excluding hydrogens is 228 g/mol. The van der Waals surface area contributed by atoms with Crippen LogP contribution in [0.4, 0.5) is 5.69 Å². The number of piperidine rings is 1. The summed E-state index contributed by atoms with van der Waals surface area (Å²) in [6.45, 7) is 4.71. The van der Waals surface area contributed by atoms with E-state index in [-0.39, 0.29) is 5.91 Å². The van der Waals surface area contributed by atoms with Crippen LogP contribution in [0.3, 0.4) is 0 Å². The topological polar surface area (TPSA) is 66.6 Å². The number of para-hydroxylation sites is 1. The van der Waals surface area contributed by atoms with E-state index in [0.717, 1.165) is 18.4 Å². The molecule has 1 heterocycles. The van der Waals surface area contributed by atoms with Crippen LogP contribution < -0.4 is 5.73 Å². The van der Waals surface area contributed by atoms with Crippen LogP contribution in [0.15, 0.2) is 18.2 Å². The number of likely N-dealkylation sites (tertiary alicyclic amines) is 1. The number of amides is 1. The number of nitrogens with zero attached hydrogens (tertiary/aromatic N) is 1. The van der Waals surface area contributed by atoms with Gasteiger partial charge in [0.1, 0.15) is 0 Å². The number of nitrogen functional groups attached to an aromatic ring is 1. The second-order valence-corrected chi connectivity index (χ2v) is 5.36. The van der Waals surface area contributed by atoms with E-state index in [1.165, 1.54) is 0 Å². The lowest BCUT2D eigenvalue weighted by molar-refractivity contribution is -0.0107. The van der Waals surface area contributed by atoms with Gasteiger partial charge < -0.3 is 15.7 Å². The fourth-order valence-corrected chi connectivity index (χ4v) is 2.43. The molecule has 18 heavy (non-hydrogen) atoms. The third-order valence-electron chi connectivity index (χ3n) is 3.52. The molecule has 3 N–H and O–H groups in total. The van der Waals surface area contributed by atoms with E-state index in [1.54, 1.807) is 17.9 Å². The molecule has 1 atom stereocenters. The Labute approximate surface area is 107 Å². The van der Waals surface area contributed by atoms with E-state index < -0.39 is 5.60 Å². The molecule has 1 unspecified atom stereocenters. The van der Waals surface area contributed by atoms with Gasteiger partial charge in [-0.3, -0.25) is 4.79 Å². The number of hydrogen-bond donors (Lipinski definition) is 2. The van der Waals surface area contributed by atoms with Gasteiger partial charge in [0.25, 0.3) is 5.91 Å². The lowest BCUT2D eigenvalue weighted by Crippen LogP contribution is -2.48. The van der Waals surface area contributed by atoms with Crippen LogP contribution in [0.2, 0.25) is 0 Å². The Bertz CT molecular complexity index is 469. The zero-order chi connectivity index (χ0) is 13.3. The van der Waals surface area contributed by atoms with E-state index in [1.807, 2.05) is 19.1 Å². The van der Waals surface area contributed by atoms with Crippen molar-refractivity contribution in [2.45, 2.75) is 32.3 Å². The minimum Gasteiger partial charge on any atom is -0.398 e. The Hall–Kier alpha value is -1.55. The van der Waals surface area contributed by atoms with Crippen LogP contribution in [-0.4, -0.2) is 34.6 Å². The highest BCUT2D eigenvalue weighted by molar-refractivity contribution is 5.99. The molecule has 1 aliphatic rings. The standard InChI is InChI=1S/C14H20N2O2/c1-10-5-3-6-11(12(10)15)13(17)16-8-4-7-14(2,18)9-16/h3,5-6,18H,4,7-9,15H2,1-2H3. The lowest BCUT2D eigenvalue weighted by atomic mass is 9.94. The first kappa shape index (κ1) is 12.9. The van der Waals surface area contributed by atoms with Gasteiger partial charge in [-0.15, -0.1) is 0 Å². The number of carbonyl (C=O) groups excluding carboxylic acids is 1. The molecule has 0 aliphatic carbocycles. The van der Waals surface area contributed by atoms with Gasteiger partial charge in [0.2, 0.25) is 0 Å². The minimum atomic E-state index is -0.785. The Kier molecular flexibility index (Phi) is 3.30. The minimum absolute atomic E-state index is 0.0869. The summed E-state index contributed by atoms with van der Waals surface area (Å²) in [5.41, 5.74) is 7.14. The van der Waals surface area contributed by atoms with Gasteiger partial charge in [0.15, 0.2) is 0 Å². The molecule has 1 amide bonds. The molecule has 1 fully saturated rings. The Morgan fingerprint density at radius 2 is 2.22 bits per heavy atom. The van der Waals surface area contributed by atoms with Crippen LogP contribution in [0, 0.1) is 6.92 Å². The van der Waals surface area contributed by atoms with Crippen molar-refractivity contribution in [2.24, 2.45) is 0 Å². The Balaban J connectivity index is 2.23. The SMILES string of the molecule is Cc1cccc(C(=O)N2CCCC(C)(O)C2)c1N. The van der Waals surface area contributed by atoms with E-state index in [9.17, 15) is 9.90 Å². The number of aryl methyl sites for hydroxylation is 1. The van der Waals surface area contributed by atoms with E-state index in [0.29, 0.717) is 24.3 Å². The van der Waals surface area contributed by atoms with Crippen molar-refractivity contribution in [3.8, 4) is 0 Å². The number of hydrogen-bond acceptors (Lipinski definition) is 3. The number of aliphatic hydroxyl groups is 1. The van der Waals surface area contributed by atoms with Crippen molar-refractivity contribution in [1.29, 1.82) is 0 Å². The Morgan fingerprint density at radius 1 is 1.50 bits per heavy atom. The van der Waals surface area contributed by atoms with Crippen LogP contribution in [0.1, 0.15) is 35.7 Å². The van der Waals surface area contributed by atoms with Gasteiger partial charge in [-0.1, -0.05) is 12.1 Å². The zero-order valence-corrected chi connectivity index (χ0v) is 10.9. The predicted molar refractivity (Wildman–Crippen MR) is 71.4 cm³/mol. The van der Waals surface area contributed by atoms with Crippen molar-refractivity contribution >= 4 is 11.6 Å². The maximum absolute atomic E-state index is 12.4. The monoisotopic (exact) mass is 248 g/mol. The molecule has 0 saturated carbocycles. The van der Waals surface area contributed by atoms with E-state index in [4.69, 9.17) is 5.73 Å². The normalized spacial score (nSPS) is 24.1. The molecule has 0 aromatic heterocycles. The third kappa shape index (κ3) is 2.48. The van der Waals surface area contributed by atoms with Crippen LogP contribution >= 0.6 is 0 Å². The molecule has 1 aliphatic heterocycles. The smallest absolute Gasteiger partial charge is 0.256 e. The summed E-state index contributed by atoms with van der Waals surface area (Å²) in [6.07, 6.45) is 1.56. The number of rotatable bonds is 1. The maximum Gasteiger partial charge on any atom is 0.256 e. The number of anilines is 1. The predicted octanol–water partition coefficient (Wildman–Crippen LogP) is 1.56. The van der Waals surface area contributed by atoms with Gasteiger partial charge in [-0.25, -0.2) is 0 Å². The van der Waals surface area contributed by atoms with Crippen molar-refractivity contribution in [3.05, 3.63) is 29.3 Å². The van der Waals surface area contributed by atoms with Crippen molar-refractivity contribution in [1.82, 2.24) is 4.90 Å². The highest BCUT2D eigenvalue weighted by atomic mass is 16.3. The second-order valence-electron chi connectivity index (χ2n) is 5.36. The van der Waals surface area contributed by atoms with Gasteiger partial charge in [-0.05, 0) is 38.3 Å². The van der Waals surface area contributed by atoms with Gasteiger partial charge >= 0.3 is 0 Å². The van der Waals surface area contributed by atoms with Crippen LogP contribution in [0.25, 0.3) is 0 Å². The zero-order valence-electron chi connectivity index (χ0n) is 10.9. The fraction of sp³-hybridized carbons (Fsp3) is 0.500. The fourth-order valence-electron chi connectivity index (χ4n) is 2.43. The number of carbonyl (C=O) groups is 1. The molecule has 0 radical (unpaired) electrons. The summed E-state index contributed by atoms with van der Waals surface area (Å²) >= 11 is 0. The maximum atomic E-state index is 12.4. The highest BCUT2D eigenvalue weighted by Gasteiger charge is 2.31. The summed E-state index contributed by atoms with van der Waals surface area (Å²) in [7, 11) is 0. The summed E-state index contributed by atoms with van der Waals surface area (Å²) in [5, 5.41) is 10.0. The first-order valence-electron chi connectivity index (χ1n) is 6.27. The quantitative estimate of drug-likeness (QED) is 0.741. The third-order valence-corrected chi connectivity index (χ3v) is 3.52. The molecule has 98 valence electrons. The average Bonchev–Trinajstić information content (AvgIpc) is 2.30. The number of β-amino-alcohol motifs (C(OH)–C–C–N with tert-alkyl or cyclic N) is 1. The summed E-state index contributed by atoms with van der Waals surface area (Å²) in [6, 6.07) is 5.47. The first-order chi connectivity index (χ1) is 8.41. The van der Waals surface area contributed by atoms with Crippen molar-refractivity contribution in [2.75, 3.05) is 18.8 Å². The van der Waals surface area contributed by atoms with Crippen LogP contribution in [0.5, 0.6) is 0 Å². The molecule has 1 aromatic carbocycles. The first-order valence-corrected chi connectivity index (χ1v) is 6.27. The van der Waals surface area contributed by atoms with E-state index in [2.05, 4.69) is 0 Å². The molecule has 1 saturated heterocycles. The highest BCUT2D eigenvalue weighted by Crippen LogP contribution is 2.24. The molecule has 4 nitrogen and oxygen atoms in total. The molecule has 0 spiro atoms. The molecular formula is C14H20N2O2. The van der Waals surface area contributed by atoms with Crippen molar-refractivity contribution < 1.29 is 9.90 Å². The average molecular weight is 248 g/mol. The lowest BCUT2D eigenvalue weighted by Gasteiger charge is -2.37. The van der Waals surface area contributed by atoms with E-state index >= 15 is 0 Å². The largest absolute Gasteiger partial charge is 0.398 e. The molecule has 2 rings (SSSR count). The molecule has 0 bridgehead atoms. The summed E-state index contributed by atoms with van der Waals surface area (Å²) < 4.78 is 0. The van der Waals surface area contributed by atoms with Crippen molar-refractivity contribution in [3.63, 3.8) is 0 Å². The summed E-state index contributed by atoms with van der Waals surface area (Å²) in [4.78, 5) is 14.1. The number of nitrogens with two attached hydrogens (primary N) is 1. The second kappa shape index (κ2) is 4.61. The van der Waals surface area contributed by atoms with Crippen LogP contribution in [-0.2, 0) is 0 Å². The van der Waals surface area contributed by atoms with Gasteiger partial charge in [0.05, 0.1) is 11.2 Å². The van der Waals surface area contributed by atoms with Gasteiger partial charge in [-0.2, -0.15) is 0 Å². The number of benzene rings is 1. The van der Waals surface area contributed by atoms with Gasteiger partial charge in [0, 0.05) is 18.8 Å². The summed E-state index contributed by atoms with van der Waals surface area (Å²) in [5.74, 6) is -0.0869. The molecule has 4 heteroatoms.